The number of rotatable bonds is 3. The highest BCUT2D eigenvalue weighted by atomic mass is 16.2. The smallest absolute Gasteiger partial charge is 0.274 e. The number of carbonyl (C=O) groups excluding carboxylic acids is 1. The minimum atomic E-state index is -0.263. The number of carbonyl (C=O) groups is 1. The quantitative estimate of drug-likeness (QED) is 0.918. The molecule has 1 amide bonds. The fourth-order valence-electron chi connectivity index (χ4n) is 2.81. The van der Waals surface area contributed by atoms with Gasteiger partial charge in [-0.2, -0.15) is 9.78 Å². The minimum Gasteiger partial charge on any atom is -0.337 e. The zero-order valence-corrected chi connectivity index (χ0v) is 13.1. The van der Waals surface area contributed by atoms with E-state index in [1.807, 2.05) is 18.2 Å². The summed E-state index contributed by atoms with van der Waals surface area (Å²) in [7, 11) is 0. The van der Waals surface area contributed by atoms with Gasteiger partial charge in [0.2, 0.25) is 0 Å². The minimum absolute atomic E-state index is 0.0382. The Morgan fingerprint density at radius 2 is 2.00 bits per heavy atom. The second kappa shape index (κ2) is 5.96. The largest absolute Gasteiger partial charge is 0.337 e. The van der Waals surface area contributed by atoms with Crippen LogP contribution in [0.2, 0.25) is 0 Å². The van der Waals surface area contributed by atoms with Gasteiger partial charge in [0.05, 0.1) is 5.69 Å². The predicted octanol–water partition coefficient (Wildman–Crippen LogP) is 1.04. The number of hydrogen-bond donors (Lipinski definition) is 1. The Morgan fingerprint density at radius 3 is 2.65 bits per heavy atom. The molecule has 0 radical (unpaired) electrons. The molecule has 1 saturated heterocycles. The van der Waals surface area contributed by atoms with Crippen molar-refractivity contribution in [1.29, 1.82) is 0 Å². The van der Waals surface area contributed by atoms with E-state index in [9.17, 15) is 9.59 Å². The molecule has 0 bridgehead atoms. The van der Waals surface area contributed by atoms with Crippen LogP contribution in [0.1, 0.15) is 23.8 Å². The summed E-state index contributed by atoms with van der Waals surface area (Å²) < 4.78 is 1.26. The molecule has 23 heavy (non-hydrogen) atoms. The molecule has 0 aliphatic carbocycles. The van der Waals surface area contributed by atoms with E-state index in [1.165, 1.54) is 16.8 Å². The SMILES string of the molecule is CC1(CN)CCN(C(=O)c2ccc(=O)n(-c3ccccc3)n2)C1. The van der Waals surface area contributed by atoms with Crippen LogP contribution in [0.4, 0.5) is 0 Å². The molecule has 2 heterocycles. The normalized spacial score (nSPS) is 20.7. The molecule has 1 aliphatic heterocycles. The molecule has 2 aromatic rings. The Labute approximate surface area is 134 Å². The van der Waals surface area contributed by atoms with Gasteiger partial charge in [-0.15, -0.1) is 0 Å². The van der Waals surface area contributed by atoms with E-state index in [1.54, 1.807) is 17.0 Å². The van der Waals surface area contributed by atoms with Gasteiger partial charge in [0, 0.05) is 19.2 Å². The summed E-state index contributed by atoms with van der Waals surface area (Å²) >= 11 is 0. The zero-order valence-electron chi connectivity index (χ0n) is 13.1. The molecule has 1 aromatic heterocycles. The number of aromatic nitrogens is 2. The Kier molecular flexibility index (Phi) is 4.00. The molecule has 1 fully saturated rings. The maximum atomic E-state index is 12.7. The highest BCUT2D eigenvalue weighted by Gasteiger charge is 2.35. The highest BCUT2D eigenvalue weighted by Crippen LogP contribution is 2.29. The number of likely N-dealkylation sites (tertiary alicyclic amines) is 1. The summed E-state index contributed by atoms with van der Waals surface area (Å²) in [4.78, 5) is 26.4. The molecule has 6 nitrogen and oxygen atoms in total. The lowest BCUT2D eigenvalue weighted by Gasteiger charge is -2.22. The molecule has 6 heteroatoms. The van der Waals surface area contributed by atoms with Crippen LogP contribution < -0.4 is 11.3 Å². The van der Waals surface area contributed by atoms with E-state index in [0.717, 1.165) is 6.42 Å². The van der Waals surface area contributed by atoms with Crippen molar-refractivity contribution in [2.75, 3.05) is 19.6 Å². The Morgan fingerprint density at radius 1 is 1.26 bits per heavy atom. The second-order valence-electron chi connectivity index (χ2n) is 6.30. The van der Waals surface area contributed by atoms with Crippen molar-refractivity contribution in [3.8, 4) is 5.69 Å². The van der Waals surface area contributed by atoms with E-state index in [-0.39, 0.29) is 22.6 Å². The molecule has 3 rings (SSSR count). The van der Waals surface area contributed by atoms with Gasteiger partial charge in [-0.3, -0.25) is 9.59 Å². The van der Waals surface area contributed by atoms with Gasteiger partial charge in [0.25, 0.3) is 11.5 Å². The summed E-state index contributed by atoms with van der Waals surface area (Å²) in [5.41, 5.74) is 6.40. The molecular weight excluding hydrogens is 292 g/mol. The van der Waals surface area contributed by atoms with Crippen LogP contribution in [0, 0.1) is 5.41 Å². The molecule has 0 spiro atoms. The molecule has 120 valence electrons. The van der Waals surface area contributed by atoms with Gasteiger partial charge in [-0.25, -0.2) is 0 Å². The van der Waals surface area contributed by atoms with Crippen LogP contribution >= 0.6 is 0 Å². The maximum absolute atomic E-state index is 12.7. The van der Waals surface area contributed by atoms with Gasteiger partial charge in [0.15, 0.2) is 0 Å². The average Bonchev–Trinajstić information content (AvgIpc) is 2.98. The van der Waals surface area contributed by atoms with Crippen molar-refractivity contribution in [2.24, 2.45) is 11.1 Å². The summed E-state index contributed by atoms with van der Waals surface area (Å²) in [5.74, 6) is -0.160. The number of hydrogen-bond acceptors (Lipinski definition) is 4. The molecule has 1 atom stereocenters. The van der Waals surface area contributed by atoms with E-state index in [2.05, 4.69) is 12.0 Å². The standard InChI is InChI=1S/C17H20N4O2/c1-17(11-18)9-10-20(12-17)16(23)14-7-8-15(22)21(19-14)13-5-3-2-4-6-13/h2-8H,9-12,18H2,1H3. The summed E-state index contributed by atoms with van der Waals surface area (Å²) in [6.45, 7) is 3.92. The van der Waals surface area contributed by atoms with Crippen LogP contribution in [0.25, 0.3) is 5.69 Å². The van der Waals surface area contributed by atoms with Crippen molar-refractivity contribution >= 4 is 5.91 Å². The van der Waals surface area contributed by atoms with Gasteiger partial charge < -0.3 is 10.6 Å². The third-order valence-electron chi connectivity index (χ3n) is 4.36. The molecule has 1 aromatic carbocycles. The van der Waals surface area contributed by atoms with Crippen molar-refractivity contribution in [1.82, 2.24) is 14.7 Å². The molecule has 0 saturated carbocycles. The van der Waals surface area contributed by atoms with E-state index < -0.39 is 0 Å². The van der Waals surface area contributed by atoms with Crippen molar-refractivity contribution in [3.63, 3.8) is 0 Å². The molecule has 1 unspecified atom stereocenters. The topological polar surface area (TPSA) is 81.2 Å². The summed E-state index contributed by atoms with van der Waals surface area (Å²) in [6.07, 6.45) is 0.883. The number of para-hydroxylation sites is 1. The van der Waals surface area contributed by atoms with Gasteiger partial charge in [-0.05, 0) is 36.6 Å². The van der Waals surface area contributed by atoms with Crippen LogP contribution in [0.5, 0.6) is 0 Å². The third kappa shape index (κ3) is 3.03. The van der Waals surface area contributed by atoms with Gasteiger partial charge >= 0.3 is 0 Å². The highest BCUT2D eigenvalue weighted by molar-refractivity contribution is 5.92. The number of amides is 1. The fraction of sp³-hybridized carbons (Fsp3) is 0.353. The van der Waals surface area contributed by atoms with Crippen LogP contribution in [-0.2, 0) is 0 Å². The Hall–Kier alpha value is -2.47. The predicted molar refractivity (Wildman–Crippen MR) is 87.5 cm³/mol. The van der Waals surface area contributed by atoms with E-state index in [0.29, 0.717) is 25.3 Å². The Bertz CT molecular complexity index is 772. The first-order valence-electron chi connectivity index (χ1n) is 7.68. The number of benzene rings is 1. The molecular formula is C17H20N4O2. The monoisotopic (exact) mass is 312 g/mol. The lowest BCUT2D eigenvalue weighted by molar-refractivity contribution is 0.0769. The fourth-order valence-corrected chi connectivity index (χ4v) is 2.81. The van der Waals surface area contributed by atoms with E-state index >= 15 is 0 Å². The summed E-state index contributed by atoms with van der Waals surface area (Å²) in [6, 6.07) is 11.9. The zero-order chi connectivity index (χ0) is 16.4. The van der Waals surface area contributed by atoms with E-state index in [4.69, 9.17) is 5.73 Å². The first-order chi connectivity index (χ1) is 11.0. The van der Waals surface area contributed by atoms with Crippen molar-refractivity contribution < 1.29 is 4.79 Å². The summed E-state index contributed by atoms with van der Waals surface area (Å²) in [5, 5.41) is 4.24. The second-order valence-corrected chi connectivity index (χ2v) is 6.30. The van der Waals surface area contributed by atoms with Crippen LogP contribution in [0.15, 0.2) is 47.3 Å². The van der Waals surface area contributed by atoms with Crippen molar-refractivity contribution in [2.45, 2.75) is 13.3 Å². The maximum Gasteiger partial charge on any atom is 0.274 e. The van der Waals surface area contributed by atoms with Crippen molar-refractivity contribution in [3.05, 3.63) is 58.5 Å². The van der Waals surface area contributed by atoms with Crippen LogP contribution in [-0.4, -0.2) is 40.2 Å². The molecule has 1 aliphatic rings. The first-order valence-corrected chi connectivity index (χ1v) is 7.68. The van der Waals surface area contributed by atoms with Gasteiger partial charge in [0.1, 0.15) is 5.69 Å². The third-order valence-corrected chi connectivity index (χ3v) is 4.36. The molecule has 2 N–H and O–H groups in total. The van der Waals surface area contributed by atoms with Gasteiger partial charge in [-0.1, -0.05) is 25.1 Å². The number of nitrogens with two attached hydrogens (primary N) is 1. The lowest BCUT2D eigenvalue weighted by atomic mass is 9.90. The van der Waals surface area contributed by atoms with Crippen LogP contribution in [0.3, 0.4) is 0 Å². The lowest BCUT2D eigenvalue weighted by Crippen LogP contribution is -2.35. The Balaban J connectivity index is 1.90. The average molecular weight is 312 g/mol. The number of nitrogens with zero attached hydrogens (tertiary/aromatic N) is 3. The first kappa shape index (κ1) is 15.4.